The fourth-order valence-electron chi connectivity index (χ4n) is 5.80. The van der Waals surface area contributed by atoms with E-state index in [1.807, 2.05) is 31.7 Å². The lowest BCUT2D eigenvalue weighted by molar-refractivity contribution is -0.118. The summed E-state index contributed by atoms with van der Waals surface area (Å²) in [7, 11) is 0. The van der Waals surface area contributed by atoms with Crippen molar-refractivity contribution in [3.05, 3.63) is 69.1 Å². The van der Waals surface area contributed by atoms with E-state index >= 15 is 0 Å². The number of hydrogen-bond acceptors (Lipinski definition) is 6. The first-order valence-corrected chi connectivity index (χ1v) is 13.3. The molecule has 9 nitrogen and oxygen atoms in total. The van der Waals surface area contributed by atoms with Crippen LogP contribution in [0.3, 0.4) is 0 Å². The third kappa shape index (κ3) is 4.13. The summed E-state index contributed by atoms with van der Waals surface area (Å²) in [6, 6.07) is 7.33. The minimum absolute atomic E-state index is 0.00145. The van der Waals surface area contributed by atoms with Gasteiger partial charge in [-0.15, -0.1) is 5.10 Å². The highest BCUT2D eigenvalue weighted by Gasteiger charge is 2.53. The number of halogens is 1. The van der Waals surface area contributed by atoms with E-state index in [1.165, 1.54) is 0 Å². The summed E-state index contributed by atoms with van der Waals surface area (Å²) in [6.07, 6.45) is 5.95. The number of piperidine rings is 1. The van der Waals surface area contributed by atoms with Gasteiger partial charge in [0.2, 0.25) is 5.91 Å². The Morgan fingerprint density at radius 2 is 2.03 bits per heavy atom. The summed E-state index contributed by atoms with van der Waals surface area (Å²) in [5, 5.41) is 21.3. The average molecular weight is 530 g/mol. The van der Waals surface area contributed by atoms with Crippen LogP contribution in [0.4, 0.5) is 5.82 Å². The number of rotatable bonds is 6. The van der Waals surface area contributed by atoms with Crippen LogP contribution < -0.4 is 10.2 Å². The molecule has 0 spiro atoms. The van der Waals surface area contributed by atoms with Gasteiger partial charge in [-0.2, -0.15) is 5.26 Å². The maximum Gasteiger partial charge on any atom is 0.273 e. The molecule has 10 heteroatoms. The molecule has 3 atom stereocenters. The summed E-state index contributed by atoms with van der Waals surface area (Å²) in [6.45, 7) is 6.78. The molecule has 6 rings (SSSR count). The Bertz CT molecular complexity index is 1500. The minimum Gasteiger partial charge on any atom is -0.348 e. The van der Waals surface area contributed by atoms with Crippen molar-refractivity contribution in [2.75, 3.05) is 11.4 Å². The van der Waals surface area contributed by atoms with Crippen LogP contribution in [0.15, 0.2) is 30.6 Å². The molecule has 0 unspecified atom stereocenters. The Labute approximate surface area is 225 Å². The third-order valence-electron chi connectivity index (χ3n) is 8.47. The molecule has 1 aliphatic heterocycles. The van der Waals surface area contributed by atoms with Gasteiger partial charge in [-0.05, 0) is 92.3 Å². The van der Waals surface area contributed by atoms with Crippen LogP contribution in [0.5, 0.6) is 0 Å². The number of nitriles is 1. The number of nitrogens with one attached hydrogen (secondary N) is 1. The second-order valence-corrected chi connectivity index (χ2v) is 11.2. The number of benzene rings is 1. The quantitative estimate of drug-likeness (QED) is 0.514. The summed E-state index contributed by atoms with van der Waals surface area (Å²) < 4.78 is 1.67. The lowest BCUT2D eigenvalue weighted by Crippen LogP contribution is -2.43. The van der Waals surface area contributed by atoms with E-state index in [9.17, 15) is 14.9 Å². The molecule has 0 bridgehead atoms. The second kappa shape index (κ2) is 9.21. The normalized spacial score (nSPS) is 24.4. The first-order chi connectivity index (χ1) is 18.2. The van der Waals surface area contributed by atoms with Gasteiger partial charge < -0.3 is 5.32 Å². The van der Waals surface area contributed by atoms with Crippen LogP contribution in [0.2, 0.25) is 5.02 Å². The van der Waals surface area contributed by atoms with Gasteiger partial charge in [-0.3, -0.25) is 14.5 Å². The van der Waals surface area contributed by atoms with E-state index in [2.05, 4.69) is 26.7 Å². The van der Waals surface area contributed by atoms with E-state index in [-0.39, 0.29) is 41.4 Å². The van der Waals surface area contributed by atoms with Gasteiger partial charge in [0.05, 0.1) is 23.9 Å². The molecule has 194 valence electrons. The minimum atomic E-state index is -0.272. The Balaban J connectivity index is 1.11. The van der Waals surface area contributed by atoms with Crippen molar-refractivity contribution in [3.8, 4) is 6.07 Å². The highest BCUT2D eigenvalue weighted by atomic mass is 35.5. The number of hydrogen-bond donors (Lipinski definition) is 1. The average Bonchev–Trinajstić information content (AvgIpc) is 3.33. The number of fused-ring (bicyclic) bond motifs is 1. The van der Waals surface area contributed by atoms with Crippen LogP contribution >= 0.6 is 11.6 Å². The van der Waals surface area contributed by atoms with E-state index in [0.717, 1.165) is 53.9 Å². The Kier molecular flexibility index (Phi) is 5.95. The van der Waals surface area contributed by atoms with Crippen molar-refractivity contribution in [1.82, 2.24) is 25.3 Å². The lowest BCUT2D eigenvalue weighted by Gasteiger charge is -2.36. The molecule has 0 radical (unpaired) electrons. The van der Waals surface area contributed by atoms with Crippen molar-refractivity contribution < 1.29 is 9.59 Å². The smallest absolute Gasteiger partial charge is 0.273 e. The molecule has 1 N–H and O–H groups in total. The number of nitrogens with zero attached hydrogens (tertiary/aromatic N) is 6. The van der Waals surface area contributed by atoms with Crippen molar-refractivity contribution in [2.24, 2.45) is 11.8 Å². The SMILES string of the molecule is Cc1c([C@H](C)n2cc(C(=O)N[C@H]3C[C@@H](c4cc(Cl)ccc4C#N)C3)nn2)cnc(N2C[C@H]3C[C@H]3C2=O)c1C. The second-order valence-electron chi connectivity index (χ2n) is 10.8. The summed E-state index contributed by atoms with van der Waals surface area (Å²) >= 11 is 6.12. The van der Waals surface area contributed by atoms with Gasteiger partial charge in [-0.25, -0.2) is 9.67 Å². The van der Waals surface area contributed by atoms with Gasteiger partial charge in [0.15, 0.2) is 5.69 Å². The Hall–Kier alpha value is -3.77. The van der Waals surface area contributed by atoms with Crippen molar-refractivity contribution in [3.63, 3.8) is 0 Å². The van der Waals surface area contributed by atoms with E-state index < -0.39 is 0 Å². The highest BCUT2D eigenvalue weighted by Crippen LogP contribution is 2.47. The maximum atomic E-state index is 12.9. The van der Waals surface area contributed by atoms with Crippen LogP contribution in [0.1, 0.15) is 76.5 Å². The molecule has 3 heterocycles. The zero-order valence-corrected chi connectivity index (χ0v) is 22.2. The zero-order chi connectivity index (χ0) is 26.7. The lowest BCUT2D eigenvalue weighted by atomic mass is 9.74. The first-order valence-electron chi connectivity index (χ1n) is 12.9. The largest absolute Gasteiger partial charge is 0.348 e. The number of carbonyl (C=O) groups is 2. The molecule has 2 amide bonds. The summed E-state index contributed by atoms with van der Waals surface area (Å²) in [5.41, 5.74) is 4.81. The Morgan fingerprint density at radius 3 is 2.74 bits per heavy atom. The zero-order valence-electron chi connectivity index (χ0n) is 21.5. The predicted molar refractivity (Wildman–Crippen MR) is 141 cm³/mol. The Morgan fingerprint density at radius 1 is 1.24 bits per heavy atom. The molecule has 3 aromatic rings. The topological polar surface area (TPSA) is 117 Å². The highest BCUT2D eigenvalue weighted by molar-refractivity contribution is 6.30. The molecule has 38 heavy (non-hydrogen) atoms. The number of amides is 2. The molecule has 2 aromatic heterocycles. The molecular formula is C28H28ClN7O2. The summed E-state index contributed by atoms with van der Waals surface area (Å²) in [5.74, 6) is 1.52. The standard InChI is InChI=1S/C28H28ClN7O2/c1-14-15(2)26(35-12-19-8-23(19)28(35)38)31-11-24(14)16(3)36-13-25(33-34-36)27(37)32-21-6-18(7-21)22-9-20(29)5-4-17(22)10-30/h4-5,9,11,13,16,18-19,21,23H,6-8,12H2,1-3H3,(H,32,37)/t16-,18-,19+,21+,23+/m0/s1. The van der Waals surface area contributed by atoms with Crippen LogP contribution in [-0.2, 0) is 4.79 Å². The van der Waals surface area contributed by atoms with Gasteiger partial charge in [0, 0.05) is 29.7 Å². The van der Waals surface area contributed by atoms with Gasteiger partial charge >= 0.3 is 0 Å². The fourth-order valence-corrected chi connectivity index (χ4v) is 5.98. The molecule has 3 aliphatic rings. The van der Waals surface area contributed by atoms with Crippen molar-refractivity contribution >= 4 is 29.2 Å². The fraction of sp³-hybridized carbons (Fsp3) is 0.429. The molecule has 2 saturated carbocycles. The van der Waals surface area contributed by atoms with Crippen LogP contribution in [0, 0.1) is 37.0 Å². The first kappa shape index (κ1) is 24.6. The molecular weight excluding hydrogens is 502 g/mol. The molecule has 3 fully saturated rings. The van der Waals surface area contributed by atoms with Crippen LogP contribution in [0.25, 0.3) is 0 Å². The van der Waals surface area contributed by atoms with Gasteiger partial charge in [0.1, 0.15) is 5.82 Å². The third-order valence-corrected chi connectivity index (χ3v) is 8.71. The van der Waals surface area contributed by atoms with Crippen molar-refractivity contribution in [2.45, 2.75) is 58.0 Å². The number of carbonyl (C=O) groups excluding carboxylic acids is 2. The van der Waals surface area contributed by atoms with Crippen molar-refractivity contribution in [1.29, 1.82) is 5.26 Å². The molecule has 1 aromatic carbocycles. The van der Waals surface area contributed by atoms with Gasteiger partial charge in [-0.1, -0.05) is 16.8 Å². The number of aromatic nitrogens is 4. The maximum absolute atomic E-state index is 12.9. The van der Waals surface area contributed by atoms with Gasteiger partial charge in [0.25, 0.3) is 5.91 Å². The van der Waals surface area contributed by atoms with E-state index in [1.54, 1.807) is 29.2 Å². The number of anilines is 1. The predicted octanol–water partition coefficient (Wildman–Crippen LogP) is 4.08. The monoisotopic (exact) mass is 529 g/mol. The molecule has 2 aliphatic carbocycles. The van der Waals surface area contributed by atoms with Crippen LogP contribution in [-0.4, -0.2) is 44.4 Å². The number of pyridine rings is 1. The van der Waals surface area contributed by atoms with E-state index in [0.29, 0.717) is 16.5 Å². The van der Waals surface area contributed by atoms with E-state index in [4.69, 9.17) is 11.6 Å². The summed E-state index contributed by atoms with van der Waals surface area (Å²) in [4.78, 5) is 31.9. The molecule has 1 saturated heterocycles.